The molecule has 3 rings (SSSR count). The number of hydrogen-bond donors (Lipinski definition) is 0. The zero-order valence-corrected chi connectivity index (χ0v) is 16.5. The molecule has 0 saturated carbocycles. The molecule has 0 aliphatic heterocycles. The maximum atomic E-state index is 12.3. The second kappa shape index (κ2) is 8.40. The monoisotopic (exact) mass is 382 g/mol. The van der Waals surface area contributed by atoms with Gasteiger partial charge >= 0.3 is 0 Å². The molecular weight excluding hydrogens is 360 g/mol. The van der Waals surface area contributed by atoms with Gasteiger partial charge in [0.1, 0.15) is 11.4 Å². The van der Waals surface area contributed by atoms with E-state index < -0.39 is 0 Å². The normalized spacial score (nSPS) is 12.0. The number of hydrogen-bond acceptors (Lipinski definition) is 3. The number of aryl methyl sites for hydroxylation is 1. The van der Waals surface area contributed by atoms with Gasteiger partial charge in [-0.1, -0.05) is 43.6 Å². The van der Waals surface area contributed by atoms with Crippen LogP contribution in [-0.4, -0.2) is 16.0 Å². The van der Waals surface area contributed by atoms with Crippen molar-refractivity contribution in [3.05, 3.63) is 75.8 Å². The van der Waals surface area contributed by atoms with Crippen molar-refractivity contribution in [2.75, 3.05) is 6.61 Å². The highest BCUT2D eigenvalue weighted by Crippen LogP contribution is 2.22. The zero-order chi connectivity index (χ0) is 19.4. The largest absolute Gasteiger partial charge is 0.494 e. The fraction of sp³-hybridized carbons (Fsp3) is 0.273. The first-order valence-corrected chi connectivity index (χ1v) is 9.41. The number of benzene rings is 1. The predicted molar refractivity (Wildman–Crippen MR) is 111 cm³/mol. The van der Waals surface area contributed by atoms with Gasteiger partial charge in [-0.15, -0.1) is 0 Å². The second-order valence-corrected chi connectivity index (χ2v) is 7.36. The first-order chi connectivity index (χ1) is 12.9. The second-order valence-electron chi connectivity index (χ2n) is 6.96. The lowest BCUT2D eigenvalue weighted by Crippen LogP contribution is -2.15. The Morgan fingerprint density at radius 3 is 2.70 bits per heavy atom. The summed E-state index contributed by atoms with van der Waals surface area (Å²) in [5, 5.41) is 0.423. The van der Waals surface area contributed by atoms with Gasteiger partial charge < -0.3 is 4.74 Å². The van der Waals surface area contributed by atoms with Crippen molar-refractivity contribution in [1.29, 1.82) is 0 Å². The SMILES string of the molecule is Cc1cccn2c(=O)cc(/C(Cl)=C/c3ccc(OCCC(C)C)cc3)nc12. The van der Waals surface area contributed by atoms with Crippen LogP contribution in [0.2, 0.25) is 0 Å². The molecule has 0 aliphatic rings. The molecule has 0 saturated heterocycles. The van der Waals surface area contributed by atoms with E-state index in [1.54, 1.807) is 12.3 Å². The zero-order valence-electron chi connectivity index (χ0n) is 15.8. The molecule has 140 valence electrons. The van der Waals surface area contributed by atoms with Gasteiger partial charge in [-0.25, -0.2) is 4.98 Å². The molecule has 2 aromatic heterocycles. The van der Waals surface area contributed by atoms with Crippen LogP contribution >= 0.6 is 11.6 Å². The topological polar surface area (TPSA) is 43.6 Å². The summed E-state index contributed by atoms with van der Waals surface area (Å²) in [4.78, 5) is 16.9. The Morgan fingerprint density at radius 2 is 2.00 bits per heavy atom. The summed E-state index contributed by atoms with van der Waals surface area (Å²) >= 11 is 6.44. The Labute approximate surface area is 164 Å². The van der Waals surface area contributed by atoms with Crippen molar-refractivity contribution < 1.29 is 4.74 Å². The summed E-state index contributed by atoms with van der Waals surface area (Å²) < 4.78 is 7.25. The van der Waals surface area contributed by atoms with E-state index in [2.05, 4.69) is 18.8 Å². The van der Waals surface area contributed by atoms with Gasteiger partial charge in [0.05, 0.1) is 17.3 Å². The number of rotatable bonds is 6. The van der Waals surface area contributed by atoms with Crippen LogP contribution in [0, 0.1) is 12.8 Å². The maximum Gasteiger partial charge on any atom is 0.258 e. The fourth-order valence-electron chi connectivity index (χ4n) is 2.68. The number of aromatic nitrogens is 2. The molecule has 1 aromatic carbocycles. The summed E-state index contributed by atoms with van der Waals surface area (Å²) in [6, 6.07) is 12.9. The Hall–Kier alpha value is -2.59. The van der Waals surface area contributed by atoms with Gasteiger partial charge in [-0.2, -0.15) is 0 Å². The van der Waals surface area contributed by atoms with E-state index in [0.29, 0.717) is 28.9 Å². The fourth-order valence-corrected chi connectivity index (χ4v) is 2.90. The van der Waals surface area contributed by atoms with Gasteiger partial charge in [0.25, 0.3) is 5.56 Å². The van der Waals surface area contributed by atoms with Crippen LogP contribution in [0.3, 0.4) is 0 Å². The van der Waals surface area contributed by atoms with Gasteiger partial charge in [0.15, 0.2) is 0 Å². The molecule has 2 heterocycles. The van der Waals surface area contributed by atoms with Crippen LogP contribution in [0.25, 0.3) is 16.8 Å². The Kier molecular flexibility index (Phi) is 5.97. The van der Waals surface area contributed by atoms with E-state index in [0.717, 1.165) is 23.3 Å². The molecule has 0 spiro atoms. The smallest absolute Gasteiger partial charge is 0.258 e. The van der Waals surface area contributed by atoms with Crippen LogP contribution < -0.4 is 10.3 Å². The quantitative estimate of drug-likeness (QED) is 0.591. The van der Waals surface area contributed by atoms with Gasteiger partial charge in [-0.3, -0.25) is 9.20 Å². The molecule has 0 aliphatic carbocycles. The molecule has 27 heavy (non-hydrogen) atoms. The summed E-state index contributed by atoms with van der Waals surface area (Å²) in [5.41, 5.74) is 2.76. The summed E-state index contributed by atoms with van der Waals surface area (Å²) in [6.45, 7) is 6.97. The lowest BCUT2D eigenvalue weighted by Gasteiger charge is -2.08. The van der Waals surface area contributed by atoms with Crippen LogP contribution in [0.1, 0.15) is 37.1 Å². The molecule has 0 amide bonds. The van der Waals surface area contributed by atoms with E-state index >= 15 is 0 Å². The van der Waals surface area contributed by atoms with Gasteiger partial charge in [0, 0.05) is 12.3 Å². The minimum atomic E-state index is -0.154. The highest BCUT2D eigenvalue weighted by Gasteiger charge is 2.07. The average Bonchev–Trinajstić information content (AvgIpc) is 2.63. The Morgan fingerprint density at radius 1 is 1.26 bits per heavy atom. The maximum absolute atomic E-state index is 12.3. The first kappa shape index (κ1) is 19.2. The Bertz CT molecular complexity index is 1020. The standard InChI is InChI=1S/C22H23ClN2O2/c1-15(2)10-12-27-18-8-6-17(7-9-18)13-19(23)20-14-21(26)25-11-4-5-16(3)22(25)24-20/h4-9,11,13-15H,10,12H2,1-3H3/b19-13-. The van der Waals surface area contributed by atoms with Crippen molar-refractivity contribution in [1.82, 2.24) is 9.38 Å². The number of fused-ring (bicyclic) bond motifs is 1. The summed E-state index contributed by atoms with van der Waals surface area (Å²) in [6.07, 6.45) is 4.53. The highest BCUT2D eigenvalue weighted by molar-refractivity contribution is 6.51. The van der Waals surface area contributed by atoms with Crippen molar-refractivity contribution >= 4 is 28.4 Å². The van der Waals surface area contributed by atoms with Crippen molar-refractivity contribution in [3.63, 3.8) is 0 Å². The van der Waals surface area contributed by atoms with Crippen molar-refractivity contribution in [2.45, 2.75) is 27.2 Å². The third-order valence-electron chi connectivity index (χ3n) is 4.27. The van der Waals surface area contributed by atoms with Crippen LogP contribution in [0.4, 0.5) is 0 Å². The van der Waals surface area contributed by atoms with Crippen LogP contribution in [0.15, 0.2) is 53.5 Å². The molecule has 0 N–H and O–H groups in total. The molecule has 0 bridgehead atoms. The first-order valence-electron chi connectivity index (χ1n) is 9.03. The van der Waals surface area contributed by atoms with Crippen LogP contribution in [-0.2, 0) is 0 Å². The third-order valence-corrected chi connectivity index (χ3v) is 4.57. The molecule has 0 radical (unpaired) electrons. The minimum absolute atomic E-state index is 0.154. The lowest BCUT2D eigenvalue weighted by atomic mass is 10.1. The van der Waals surface area contributed by atoms with Crippen molar-refractivity contribution in [2.24, 2.45) is 5.92 Å². The van der Waals surface area contributed by atoms with E-state index in [-0.39, 0.29) is 5.56 Å². The molecular formula is C22H23ClN2O2. The summed E-state index contributed by atoms with van der Waals surface area (Å²) in [7, 11) is 0. The number of nitrogens with zero attached hydrogens (tertiary/aromatic N) is 2. The van der Waals surface area contributed by atoms with Crippen LogP contribution in [0.5, 0.6) is 5.75 Å². The van der Waals surface area contributed by atoms with Gasteiger partial charge in [-0.05, 0) is 54.7 Å². The minimum Gasteiger partial charge on any atom is -0.494 e. The van der Waals surface area contributed by atoms with Crippen molar-refractivity contribution in [3.8, 4) is 5.75 Å². The predicted octanol–water partition coefficient (Wildman–Crippen LogP) is 5.16. The number of pyridine rings is 1. The van der Waals surface area contributed by atoms with E-state index in [9.17, 15) is 4.79 Å². The molecule has 0 atom stereocenters. The lowest BCUT2D eigenvalue weighted by molar-refractivity contribution is 0.289. The number of halogens is 1. The van der Waals surface area contributed by atoms with Gasteiger partial charge in [0.2, 0.25) is 0 Å². The molecule has 5 heteroatoms. The molecule has 0 unspecified atom stereocenters. The highest BCUT2D eigenvalue weighted by atomic mass is 35.5. The summed E-state index contributed by atoms with van der Waals surface area (Å²) in [5.74, 6) is 1.45. The molecule has 4 nitrogen and oxygen atoms in total. The molecule has 3 aromatic rings. The van der Waals surface area contributed by atoms with E-state index in [4.69, 9.17) is 16.3 Å². The van der Waals surface area contributed by atoms with E-state index in [1.807, 2.05) is 43.3 Å². The number of ether oxygens (including phenoxy) is 1. The average molecular weight is 383 g/mol. The molecule has 0 fully saturated rings. The van der Waals surface area contributed by atoms with E-state index in [1.165, 1.54) is 10.5 Å². The Balaban J connectivity index is 1.82. The third kappa shape index (κ3) is 4.77.